The molecule has 11 heavy (non-hydrogen) atoms. The lowest BCUT2D eigenvalue weighted by molar-refractivity contribution is 0.471. The Hall–Kier alpha value is -1.24. The third kappa shape index (κ3) is 1.27. The van der Waals surface area contributed by atoms with Crippen molar-refractivity contribution in [3.63, 3.8) is 0 Å². The predicted octanol–water partition coefficient (Wildman–Crippen LogP) is 2.65. The van der Waals surface area contributed by atoms with E-state index in [1.165, 1.54) is 0 Å². The molecular formula is C10H12O. The van der Waals surface area contributed by atoms with Crippen LogP contribution in [0.25, 0.3) is 6.08 Å². The van der Waals surface area contributed by atoms with Crippen LogP contribution in [0.15, 0.2) is 18.7 Å². The van der Waals surface area contributed by atoms with E-state index in [0.29, 0.717) is 5.75 Å². The number of aromatic hydroxyl groups is 1. The van der Waals surface area contributed by atoms with Crippen molar-refractivity contribution in [2.45, 2.75) is 13.8 Å². The summed E-state index contributed by atoms with van der Waals surface area (Å²) in [5.41, 5.74) is 3.08. The van der Waals surface area contributed by atoms with Crippen LogP contribution in [0.1, 0.15) is 16.7 Å². The van der Waals surface area contributed by atoms with E-state index in [4.69, 9.17) is 0 Å². The molecule has 0 radical (unpaired) electrons. The average Bonchev–Trinajstić information content (AvgIpc) is 1.99. The first-order valence-corrected chi connectivity index (χ1v) is 3.58. The second kappa shape index (κ2) is 2.79. The first kappa shape index (κ1) is 7.86. The van der Waals surface area contributed by atoms with Gasteiger partial charge in [0.05, 0.1) is 0 Å². The normalized spacial score (nSPS) is 9.64. The summed E-state index contributed by atoms with van der Waals surface area (Å²) in [6, 6.07) is 3.59. The van der Waals surface area contributed by atoms with E-state index in [0.717, 1.165) is 16.7 Å². The van der Waals surface area contributed by atoms with E-state index >= 15 is 0 Å². The van der Waals surface area contributed by atoms with Gasteiger partial charge in [-0.1, -0.05) is 18.7 Å². The number of phenolic OH excluding ortho intramolecular Hbond substituents is 1. The molecule has 1 aromatic rings. The van der Waals surface area contributed by atoms with Crippen LogP contribution in [-0.4, -0.2) is 5.11 Å². The molecule has 0 atom stereocenters. The minimum atomic E-state index is 0.338. The Kier molecular flexibility index (Phi) is 1.99. The Morgan fingerprint density at radius 1 is 1.36 bits per heavy atom. The van der Waals surface area contributed by atoms with Gasteiger partial charge < -0.3 is 5.11 Å². The monoisotopic (exact) mass is 148 g/mol. The summed E-state index contributed by atoms with van der Waals surface area (Å²) in [7, 11) is 0. The van der Waals surface area contributed by atoms with Crippen LogP contribution in [0.2, 0.25) is 0 Å². The van der Waals surface area contributed by atoms with Crippen LogP contribution < -0.4 is 0 Å². The maximum absolute atomic E-state index is 9.31. The van der Waals surface area contributed by atoms with E-state index in [-0.39, 0.29) is 0 Å². The van der Waals surface area contributed by atoms with Crippen molar-refractivity contribution in [3.8, 4) is 5.75 Å². The molecule has 0 aliphatic carbocycles. The number of benzene rings is 1. The van der Waals surface area contributed by atoms with E-state index in [1.54, 1.807) is 12.1 Å². The fraction of sp³-hybridized carbons (Fsp3) is 0.200. The Balaban J connectivity index is 3.40. The van der Waals surface area contributed by atoms with Gasteiger partial charge in [0.2, 0.25) is 0 Å². The number of rotatable bonds is 1. The molecule has 0 fully saturated rings. The second-order valence-corrected chi connectivity index (χ2v) is 2.64. The third-order valence-corrected chi connectivity index (χ3v) is 1.91. The molecule has 0 saturated carbocycles. The molecule has 1 nitrogen and oxygen atoms in total. The van der Waals surface area contributed by atoms with Crippen molar-refractivity contribution in [1.29, 1.82) is 0 Å². The number of hydrogen-bond acceptors (Lipinski definition) is 1. The van der Waals surface area contributed by atoms with Crippen LogP contribution >= 0.6 is 0 Å². The summed E-state index contributed by atoms with van der Waals surface area (Å²) >= 11 is 0. The predicted molar refractivity (Wildman–Crippen MR) is 47.7 cm³/mol. The van der Waals surface area contributed by atoms with Crippen molar-refractivity contribution in [2.75, 3.05) is 0 Å². The lowest BCUT2D eigenvalue weighted by atomic mass is 10.0. The Labute approximate surface area is 67.0 Å². The van der Waals surface area contributed by atoms with Gasteiger partial charge in [0.25, 0.3) is 0 Å². The maximum atomic E-state index is 9.31. The number of phenols is 1. The van der Waals surface area contributed by atoms with Gasteiger partial charge >= 0.3 is 0 Å². The lowest BCUT2D eigenvalue weighted by Gasteiger charge is -2.05. The molecule has 0 amide bonds. The van der Waals surface area contributed by atoms with Gasteiger partial charge in [-0.25, -0.2) is 0 Å². The van der Waals surface area contributed by atoms with E-state index in [1.807, 2.05) is 19.9 Å². The fourth-order valence-electron chi connectivity index (χ4n) is 1.17. The van der Waals surface area contributed by atoms with Crippen LogP contribution in [0, 0.1) is 13.8 Å². The van der Waals surface area contributed by atoms with Gasteiger partial charge in [0.15, 0.2) is 0 Å². The highest BCUT2D eigenvalue weighted by molar-refractivity contribution is 5.59. The minimum absolute atomic E-state index is 0.338. The Bertz CT molecular complexity index is 287. The number of hydrogen-bond donors (Lipinski definition) is 1. The van der Waals surface area contributed by atoms with Crippen LogP contribution in [0.5, 0.6) is 5.75 Å². The van der Waals surface area contributed by atoms with E-state index < -0.39 is 0 Å². The minimum Gasteiger partial charge on any atom is -0.508 e. The molecule has 0 aromatic heterocycles. The quantitative estimate of drug-likeness (QED) is 0.649. The first-order valence-electron chi connectivity index (χ1n) is 3.58. The molecule has 1 aromatic carbocycles. The van der Waals surface area contributed by atoms with E-state index in [9.17, 15) is 5.11 Å². The summed E-state index contributed by atoms with van der Waals surface area (Å²) in [6.07, 6.45) is 1.77. The van der Waals surface area contributed by atoms with Gasteiger partial charge in [-0.3, -0.25) is 0 Å². The third-order valence-electron chi connectivity index (χ3n) is 1.91. The molecule has 0 bridgehead atoms. The van der Waals surface area contributed by atoms with Gasteiger partial charge in [-0.05, 0) is 36.6 Å². The van der Waals surface area contributed by atoms with E-state index in [2.05, 4.69) is 6.58 Å². The number of aryl methyl sites for hydroxylation is 1. The largest absolute Gasteiger partial charge is 0.508 e. The van der Waals surface area contributed by atoms with Crippen LogP contribution in [0.4, 0.5) is 0 Å². The molecule has 0 saturated heterocycles. The molecule has 0 unspecified atom stereocenters. The van der Waals surface area contributed by atoms with Crippen molar-refractivity contribution in [3.05, 3.63) is 35.4 Å². The van der Waals surface area contributed by atoms with Gasteiger partial charge in [-0.15, -0.1) is 0 Å². The first-order chi connectivity index (χ1) is 5.16. The van der Waals surface area contributed by atoms with Gasteiger partial charge in [0, 0.05) is 0 Å². The van der Waals surface area contributed by atoms with Gasteiger partial charge in [-0.2, -0.15) is 0 Å². The smallest absolute Gasteiger partial charge is 0.119 e. The van der Waals surface area contributed by atoms with Crippen LogP contribution in [0.3, 0.4) is 0 Å². The average molecular weight is 148 g/mol. The Morgan fingerprint density at radius 2 is 2.00 bits per heavy atom. The standard InChI is InChI=1S/C10H12O/c1-4-9-7(2)5-6-10(11)8(9)3/h4-6,11H,1H2,2-3H3. The highest BCUT2D eigenvalue weighted by Crippen LogP contribution is 2.23. The Morgan fingerprint density at radius 3 is 2.45 bits per heavy atom. The second-order valence-electron chi connectivity index (χ2n) is 2.64. The molecule has 0 heterocycles. The van der Waals surface area contributed by atoms with Crippen molar-refractivity contribution in [1.82, 2.24) is 0 Å². The van der Waals surface area contributed by atoms with Crippen LogP contribution in [-0.2, 0) is 0 Å². The molecule has 1 heteroatoms. The molecule has 0 aliphatic heterocycles. The summed E-state index contributed by atoms with van der Waals surface area (Å²) < 4.78 is 0. The maximum Gasteiger partial charge on any atom is 0.119 e. The van der Waals surface area contributed by atoms with Crippen molar-refractivity contribution < 1.29 is 5.11 Å². The molecule has 0 spiro atoms. The topological polar surface area (TPSA) is 20.2 Å². The molecule has 1 N–H and O–H groups in total. The SMILES string of the molecule is C=Cc1c(C)ccc(O)c1C. The lowest BCUT2D eigenvalue weighted by Crippen LogP contribution is -1.85. The zero-order valence-corrected chi connectivity index (χ0v) is 6.89. The zero-order valence-electron chi connectivity index (χ0n) is 6.89. The highest BCUT2D eigenvalue weighted by atomic mass is 16.3. The van der Waals surface area contributed by atoms with Crippen molar-refractivity contribution in [2.24, 2.45) is 0 Å². The molecule has 1 rings (SSSR count). The zero-order chi connectivity index (χ0) is 8.43. The summed E-state index contributed by atoms with van der Waals surface area (Å²) in [5.74, 6) is 0.338. The molecular weight excluding hydrogens is 136 g/mol. The van der Waals surface area contributed by atoms with Gasteiger partial charge in [0.1, 0.15) is 5.75 Å². The molecule has 58 valence electrons. The summed E-state index contributed by atoms with van der Waals surface area (Å²) in [5, 5.41) is 9.31. The summed E-state index contributed by atoms with van der Waals surface area (Å²) in [6.45, 7) is 7.57. The molecule has 0 aliphatic rings. The summed E-state index contributed by atoms with van der Waals surface area (Å²) in [4.78, 5) is 0. The fourth-order valence-corrected chi connectivity index (χ4v) is 1.17. The van der Waals surface area contributed by atoms with Crippen molar-refractivity contribution >= 4 is 6.08 Å². The highest BCUT2D eigenvalue weighted by Gasteiger charge is 2.01.